The highest BCUT2D eigenvalue weighted by Gasteiger charge is 2.14. The molecule has 0 amide bonds. The van der Waals surface area contributed by atoms with Gasteiger partial charge in [0.15, 0.2) is 0 Å². The third-order valence-electron chi connectivity index (χ3n) is 4.79. The number of hydrogen-bond acceptors (Lipinski definition) is 3. The van der Waals surface area contributed by atoms with Crippen molar-refractivity contribution in [2.45, 2.75) is 64.7 Å². The number of rotatable bonds is 8. The normalized spacial score (nSPS) is 17.4. The maximum atomic E-state index is 10.1. The Morgan fingerprint density at radius 3 is 2.43 bits per heavy atom. The Bertz CT molecular complexity index is 458. The van der Waals surface area contributed by atoms with Gasteiger partial charge in [-0.3, -0.25) is 0 Å². The van der Waals surface area contributed by atoms with Crippen molar-refractivity contribution in [1.82, 2.24) is 0 Å². The lowest BCUT2D eigenvalue weighted by atomic mass is 9.90. The fourth-order valence-electron chi connectivity index (χ4n) is 3.51. The number of hydrogen-bond donors (Lipinski definition) is 1. The van der Waals surface area contributed by atoms with Crippen LogP contribution in [0.15, 0.2) is 12.1 Å². The van der Waals surface area contributed by atoms with Gasteiger partial charge in [-0.2, -0.15) is 11.8 Å². The van der Waals surface area contributed by atoms with Crippen LogP contribution in [-0.4, -0.2) is 30.2 Å². The lowest BCUT2D eigenvalue weighted by Gasteiger charge is -2.22. The molecule has 2 nitrogen and oxygen atoms in total. The number of aliphatic hydroxyl groups excluding tert-OH is 1. The minimum atomic E-state index is -0.352. The van der Waals surface area contributed by atoms with Crippen LogP contribution in [0, 0.1) is 26.7 Å². The molecule has 0 spiro atoms. The summed E-state index contributed by atoms with van der Waals surface area (Å²) in [5.74, 6) is 2.44. The quantitative estimate of drug-likeness (QED) is 0.739. The third-order valence-corrected chi connectivity index (χ3v) is 5.90. The van der Waals surface area contributed by atoms with Crippen LogP contribution < -0.4 is 0 Å². The van der Waals surface area contributed by atoms with Crippen molar-refractivity contribution < 1.29 is 9.84 Å². The highest BCUT2D eigenvalue weighted by molar-refractivity contribution is 7.98. The van der Waals surface area contributed by atoms with Gasteiger partial charge in [0, 0.05) is 18.1 Å². The van der Waals surface area contributed by atoms with E-state index in [1.54, 1.807) is 11.8 Å². The summed E-state index contributed by atoms with van der Waals surface area (Å²) >= 11 is 1.80. The average molecular weight is 337 g/mol. The van der Waals surface area contributed by atoms with Crippen molar-refractivity contribution in [1.29, 1.82) is 0 Å². The number of ether oxygens (including phenoxy) is 1. The number of aliphatic hydroxyl groups is 1. The first kappa shape index (κ1) is 18.8. The first-order valence-corrected chi connectivity index (χ1v) is 10.1. The summed E-state index contributed by atoms with van der Waals surface area (Å²) in [5.41, 5.74) is 5.46. The lowest BCUT2D eigenvalue weighted by Crippen LogP contribution is -2.22. The van der Waals surface area contributed by atoms with Crippen LogP contribution in [-0.2, 0) is 10.5 Å². The molecule has 0 aromatic heterocycles. The third kappa shape index (κ3) is 6.48. The summed E-state index contributed by atoms with van der Waals surface area (Å²) in [4.78, 5) is 0. The number of benzene rings is 1. The first-order chi connectivity index (χ1) is 11.1. The smallest absolute Gasteiger partial charge is 0.0863 e. The summed E-state index contributed by atoms with van der Waals surface area (Å²) < 4.78 is 5.74. The molecule has 23 heavy (non-hydrogen) atoms. The molecule has 1 aromatic rings. The molecule has 1 N–H and O–H groups in total. The van der Waals surface area contributed by atoms with Gasteiger partial charge in [-0.25, -0.2) is 0 Å². The largest absolute Gasteiger partial charge is 0.390 e. The van der Waals surface area contributed by atoms with E-state index in [-0.39, 0.29) is 6.10 Å². The van der Waals surface area contributed by atoms with Crippen LogP contribution in [0.4, 0.5) is 0 Å². The molecule has 1 aliphatic rings. The van der Waals surface area contributed by atoms with Gasteiger partial charge in [-0.05, 0) is 56.2 Å². The molecule has 1 aliphatic carbocycles. The molecule has 130 valence electrons. The molecule has 1 saturated carbocycles. The summed E-state index contributed by atoms with van der Waals surface area (Å²) in [6.45, 7) is 7.82. The predicted octanol–water partition coefficient (Wildman–Crippen LogP) is 4.80. The SMILES string of the molecule is Cc1cc(C)c(CSCC(O)COCC2CCCCC2)c(C)c1. The maximum Gasteiger partial charge on any atom is 0.0863 e. The van der Waals surface area contributed by atoms with E-state index in [1.807, 2.05) is 0 Å². The Balaban J connectivity index is 1.63. The molecular formula is C20H32O2S. The minimum Gasteiger partial charge on any atom is -0.390 e. The summed E-state index contributed by atoms with van der Waals surface area (Å²) in [7, 11) is 0. The summed E-state index contributed by atoms with van der Waals surface area (Å²) in [6.07, 6.45) is 6.33. The molecule has 2 rings (SSSR count). The van der Waals surface area contributed by atoms with Gasteiger partial charge in [-0.1, -0.05) is 37.0 Å². The Morgan fingerprint density at radius 1 is 1.13 bits per heavy atom. The molecule has 1 atom stereocenters. The van der Waals surface area contributed by atoms with E-state index in [1.165, 1.54) is 54.4 Å². The predicted molar refractivity (Wildman–Crippen MR) is 100 cm³/mol. The molecule has 0 radical (unpaired) electrons. The van der Waals surface area contributed by atoms with Crippen molar-refractivity contribution >= 4 is 11.8 Å². The molecule has 1 aromatic carbocycles. The second kappa shape index (κ2) is 9.71. The molecule has 0 heterocycles. The standard InChI is InChI=1S/C20H32O2S/c1-15-9-16(2)20(17(3)10-15)14-23-13-19(21)12-22-11-18-7-5-4-6-8-18/h9-10,18-19,21H,4-8,11-14H2,1-3H3. The first-order valence-electron chi connectivity index (χ1n) is 8.96. The van der Waals surface area contributed by atoms with E-state index >= 15 is 0 Å². The van der Waals surface area contributed by atoms with Crippen LogP contribution in [0.2, 0.25) is 0 Å². The van der Waals surface area contributed by atoms with Gasteiger partial charge < -0.3 is 9.84 Å². The number of aryl methyl sites for hydroxylation is 3. The molecule has 3 heteroatoms. The molecule has 0 bridgehead atoms. The van der Waals surface area contributed by atoms with E-state index in [2.05, 4.69) is 32.9 Å². The zero-order valence-electron chi connectivity index (χ0n) is 14.9. The fraction of sp³-hybridized carbons (Fsp3) is 0.700. The van der Waals surface area contributed by atoms with Crippen molar-refractivity contribution in [3.05, 3.63) is 34.4 Å². The molecule has 1 unspecified atom stereocenters. The minimum absolute atomic E-state index is 0.352. The van der Waals surface area contributed by atoms with E-state index in [0.717, 1.165) is 24.0 Å². The fourth-order valence-corrected chi connectivity index (χ4v) is 4.65. The molecule has 0 saturated heterocycles. The second-order valence-corrected chi connectivity index (χ2v) is 8.12. The monoisotopic (exact) mass is 336 g/mol. The van der Waals surface area contributed by atoms with Gasteiger partial charge in [0.1, 0.15) is 0 Å². The van der Waals surface area contributed by atoms with Crippen molar-refractivity contribution in [2.24, 2.45) is 5.92 Å². The van der Waals surface area contributed by atoms with Crippen molar-refractivity contribution in [3.63, 3.8) is 0 Å². The van der Waals surface area contributed by atoms with E-state index in [9.17, 15) is 5.11 Å². The van der Waals surface area contributed by atoms with Gasteiger partial charge in [0.2, 0.25) is 0 Å². The van der Waals surface area contributed by atoms with Gasteiger partial charge >= 0.3 is 0 Å². The zero-order chi connectivity index (χ0) is 16.7. The van der Waals surface area contributed by atoms with Crippen molar-refractivity contribution in [3.8, 4) is 0 Å². The van der Waals surface area contributed by atoms with E-state index in [4.69, 9.17) is 4.74 Å². The van der Waals surface area contributed by atoms with Crippen LogP contribution in [0.25, 0.3) is 0 Å². The Kier molecular flexibility index (Phi) is 7.94. The molecular weight excluding hydrogens is 304 g/mol. The average Bonchev–Trinajstić information content (AvgIpc) is 2.51. The molecule has 0 aliphatic heterocycles. The Hall–Kier alpha value is -0.510. The van der Waals surface area contributed by atoms with Crippen LogP contribution >= 0.6 is 11.8 Å². The van der Waals surface area contributed by atoms with Gasteiger partial charge in [-0.15, -0.1) is 0 Å². The highest BCUT2D eigenvalue weighted by Crippen LogP contribution is 2.24. The second-order valence-electron chi connectivity index (χ2n) is 7.09. The number of thioether (sulfide) groups is 1. The van der Waals surface area contributed by atoms with Crippen molar-refractivity contribution in [2.75, 3.05) is 19.0 Å². The Labute approximate surface area is 146 Å². The highest BCUT2D eigenvalue weighted by atomic mass is 32.2. The Morgan fingerprint density at radius 2 is 1.78 bits per heavy atom. The summed E-state index contributed by atoms with van der Waals surface area (Å²) in [5, 5.41) is 10.1. The van der Waals surface area contributed by atoms with Gasteiger partial charge in [0.05, 0.1) is 12.7 Å². The maximum absolute atomic E-state index is 10.1. The molecule has 1 fully saturated rings. The van der Waals surface area contributed by atoms with E-state index in [0.29, 0.717) is 6.61 Å². The van der Waals surface area contributed by atoms with E-state index < -0.39 is 0 Å². The van der Waals surface area contributed by atoms with Gasteiger partial charge in [0.25, 0.3) is 0 Å². The summed E-state index contributed by atoms with van der Waals surface area (Å²) in [6, 6.07) is 4.49. The topological polar surface area (TPSA) is 29.5 Å². The van der Waals surface area contributed by atoms with Crippen LogP contribution in [0.5, 0.6) is 0 Å². The van der Waals surface area contributed by atoms with Crippen LogP contribution in [0.3, 0.4) is 0 Å². The van der Waals surface area contributed by atoms with Crippen LogP contribution in [0.1, 0.15) is 54.4 Å². The zero-order valence-corrected chi connectivity index (χ0v) is 15.8. The lowest BCUT2D eigenvalue weighted by molar-refractivity contribution is 0.0249.